The van der Waals surface area contributed by atoms with E-state index in [1.54, 1.807) is 54.6 Å². The Morgan fingerprint density at radius 3 is 1.90 bits per heavy atom. The molecular weight excluding hydrogens is 1390 g/mol. The number of aliphatic hydroxyl groups is 2. The molecule has 7 rings (SSSR count). The van der Waals surface area contributed by atoms with Crippen molar-refractivity contribution >= 4 is 94.3 Å². The Bertz CT molecular complexity index is 4010. The molecule has 2 bridgehead atoms. The van der Waals surface area contributed by atoms with E-state index < -0.39 is 208 Å². The standard InChI is InChI=1S/C73H87ClN8O23/c1-38-50(37-73(97)62(104-68(95)44-25-17-12-18-26-44)60-71(7,51(85)36-52(100-9)72(60,8)105-41(4)84)61(89)58(101-40(3)83)56(38)70(73,5)6)102-69(96)59(57(42-21-13-10-14-22-42)81-66(93)43-23-15-11-16-24-43)103-55(88)33-32-53(86)77-34-20-19-27-47(63(75)90)79-54(87)31-30-48(64(76)91)80-65(92)39(2)78-67(94)46-29-28-45(74)35-49(46)82(98)99/h10-18,21-26,28-29,35,39,47-48,50-52,57-60,62,85,97H,19-20,27,30-34,36-37H2,1-9H3,(H2,75,90)(H2,76,91)(H,77,86)(H,78,94)(H,79,87)(H,80,92)(H,81,93)/t39?,47?,48-,50-,51-,52+,57+,58+,59+,60-,62-,71+,72-,73+/m0/s1. The van der Waals surface area contributed by atoms with Crippen LogP contribution in [0.25, 0.3) is 0 Å². The summed E-state index contributed by atoms with van der Waals surface area (Å²) in [6.07, 6.45) is -13.8. The van der Waals surface area contributed by atoms with Crippen LogP contribution in [0, 0.1) is 26.9 Å². The molecule has 3 aliphatic rings. The normalized spacial score (nSPS) is 23.7. The molecule has 14 atom stereocenters. The lowest BCUT2D eigenvalue weighted by molar-refractivity contribution is -0.385. The highest BCUT2D eigenvalue weighted by Crippen LogP contribution is 2.63. The van der Waals surface area contributed by atoms with Crippen molar-refractivity contribution in [2.24, 2.45) is 28.2 Å². The number of aliphatic hydroxyl groups excluding tert-OH is 1. The number of hydrogen-bond acceptors (Lipinski definition) is 23. The van der Waals surface area contributed by atoms with Crippen LogP contribution in [0.3, 0.4) is 0 Å². The van der Waals surface area contributed by atoms with Crippen LogP contribution in [0.4, 0.5) is 5.69 Å². The van der Waals surface area contributed by atoms with Crippen molar-refractivity contribution in [3.8, 4) is 0 Å². The fourth-order valence-electron chi connectivity index (χ4n) is 14.1. The molecule has 2 fully saturated rings. The van der Waals surface area contributed by atoms with E-state index in [-0.39, 0.29) is 71.5 Å². The second kappa shape index (κ2) is 34.9. The van der Waals surface area contributed by atoms with E-state index in [0.29, 0.717) is 0 Å². The molecule has 2 unspecified atom stereocenters. The quantitative estimate of drug-likeness (QED) is 0.00855. The van der Waals surface area contributed by atoms with Gasteiger partial charge in [0.15, 0.2) is 11.9 Å². The number of amides is 7. The number of carbonyl (C=O) groups is 13. The van der Waals surface area contributed by atoms with Crippen LogP contribution in [0.5, 0.6) is 0 Å². The van der Waals surface area contributed by atoms with E-state index in [9.17, 15) is 73.1 Å². The molecule has 105 heavy (non-hydrogen) atoms. The number of rotatable bonds is 31. The van der Waals surface area contributed by atoms with Gasteiger partial charge in [-0.1, -0.05) is 92.2 Å². The van der Waals surface area contributed by atoms with Gasteiger partial charge in [0.1, 0.15) is 53.1 Å². The van der Waals surface area contributed by atoms with Crippen molar-refractivity contribution in [1.82, 2.24) is 26.6 Å². The second-order valence-corrected chi connectivity index (χ2v) is 27.4. The summed E-state index contributed by atoms with van der Waals surface area (Å²) >= 11 is 5.84. The minimum absolute atomic E-state index is 0.0147. The molecule has 7 amide bonds. The predicted molar refractivity (Wildman–Crippen MR) is 371 cm³/mol. The minimum Gasteiger partial charge on any atom is -0.456 e. The molecule has 0 heterocycles. The molecule has 3 aliphatic carbocycles. The van der Waals surface area contributed by atoms with E-state index in [1.165, 1.54) is 91.1 Å². The van der Waals surface area contributed by atoms with Gasteiger partial charge in [-0.25, -0.2) is 9.59 Å². The number of benzene rings is 4. The van der Waals surface area contributed by atoms with E-state index in [0.717, 1.165) is 26.0 Å². The number of nitrogens with one attached hydrogen (secondary N) is 5. The van der Waals surface area contributed by atoms with Crippen LogP contribution in [-0.4, -0.2) is 172 Å². The SMILES string of the molecule is CO[C@@H]1C[C@H](O)[C@@]2(C)C(=O)[C@H](OC(C)=O)C3=C(C)[C@@H](OC(=O)[C@H](OC(=O)CCC(=O)NCCCCC(NC(=O)CC[C@H](NC(=O)C(C)NC(=O)c4ccc(Cl)cc4[N+](=O)[O-])C(N)=O)C(N)=O)[C@H](NC(=O)c4ccccc4)c4ccccc4)C[C@@](O)([C@@H](OC(=O)c4ccccc4)[C@@H]2[C@@]1(C)OC(C)=O)C3(C)C. The van der Waals surface area contributed by atoms with Crippen LogP contribution in [0.15, 0.2) is 120 Å². The van der Waals surface area contributed by atoms with E-state index in [4.69, 9.17) is 51.5 Å². The van der Waals surface area contributed by atoms with E-state index in [2.05, 4.69) is 26.6 Å². The molecule has 564 valence electrons. The number of nitrogens with two attached hydrogens (primary N) is 2. The molecule has 0 aromatic heterocycles. The minimum atomic E-state index is -2.62. The summed E-state index contributed by atoms with van der Waals surface area (Å²) in [7, 11) is 1.26. The van der Waals surface area contributed by atoms with Gasteiger partial charge >= 0.3 is 29.8 Å². The van der Waals surface area contributed by atoms with Gasteiger partial charge in [-0.15, -0.1) is 0 Å². The molecule has 2 saturated carbocycles. The molecule has 31 nitrogen and oxygen atoms in total. The molecule has 0 radical (unpaired) electrons. The van der Waals surface area contributed by atoms with Gasteiger partial charge in [0, 0.05) is 75.3 Å². The molecule has 11 N–H and O–H groups in total. The zero-order chi connectivity index (χ0) is 77.6. The third kappa shape index (κ3) is 18.9. The van der Waals surface area contributed by atoms with Gasteiger partial charge in [0.2, 0.25) is 35.6 Å². The maximum Gasteiger partial charge on any atom is 0.350 e. The number of fused-ring (bicyclic) bond motifs is 3. The van der Waals surface area contributed by atoms with Crippen molar-refractivity contribution < 1.29 is 106 Å². The first-order chi connectivity index (χ1) is 49.4. The highest BCUT2D eigenvalue weighted by atomic mass is 35.5. The molecule has 4 aromatic rings. The number of esters is 5. The van der Waals surface area contributed by atoms with Crippen LogP contribution in [0.1, 0.15) is 156 Å². The lowest BCUT2D eigenvalue weighted by Gasteiger charge is -2.64. The maximum absolute atomic E-state index is 16.0. The average molecular weight is 1480 g/mol. The maximum atomic E-state index is 16.0. The number of nitrogens with zero attached hydrogens (tertiary/aromatic N) is 1. The number of primary amides is 2. The summed E-state index contributed by atoms with van der Waals surface area (Å²) in [4.78, 5) is 189. The van der Waals surface area contributed by atoms with Crippen molar-refractivity contribution in [3.63, 3.8) is 0 Å². The Labute approximate surface area is 609 Å². The fraction of sp³-hybridized carbons (Fsp3) is 0.466. The number of halogens is 1. The first kappa shape index (κ1) is 81.8. The van der Waals surface area contributed by atoms with Crippen LogP contribution >= 0.6 is 11.6 Å². The van der Waals surface area contributed by atoms with Crippen molar-refractivity contribution in [1.29, 1.82) is 0 Å². The fourth-order valence-corrected chi connectivity index (χ4v) is 14.2. The lowest BCUT2D eigenvalue weighted by Crippen LogP contribution is -2.77. The van der Waals surface area contributed by atoms with Gasteiger partial charge in [0.05, 0.1) is 40.4 Å². The number of ether oxygens (including phenoxy) is 6. The van der Waals surface area contributed by atoms with E-state index in [1.807, 2.05) is 0 Å². The first-order valence-electron chi connectivity index (χ1n) is 33.7. The summed E-state index contributed by atoms with van der Waals surface area (Å²) in [6, 6.07) is 20.7. The molecule has 4 aromatic carbocycles. The van der Waals surface area contributed by atoms with Gasteiger partial charge in [0.25, 0.3) is 17.5 Å². The highest BCUT2D eigenvalue weighted by Gasteiger charge is 2.75. The monoisotopic (exact) mass is 1480 g/mol. The van der Waals surface area contributed by atoms with Crippen LogP contribution in [0.2, 0.25) is 5.02 Å². The third-order valence-electron chi connectivity index (χ3n) is 19.6. The Morgan fingerprint density at radius 1 is 0.724 bits per heavy atom. The average Bonchev–Trinajstić information content (AvgIpc) is 0.678. The lowest BCUT2D eigenvalue weighted by atomic mass is 9.45. The Hall–Kier alpha value is -10.5. The van der Waals surface area contributed by atoms with Gasteiger partial charge in [-0.2, -0.15) is 0 Å². The first-order valence-corrected chi connectivity index (χ1v) is 34.1. The molecule has 32 heteroatoms. The number of Topliss-reactive ketones (excluding diaryl/α,β-unsaturated/α-hetero) is 1. The third-order valence-corrected chi connectivity index (χ3v) is 19.9. The molecule has 0 saturated heterocycles. The summed E-state index contributed by atoms with van der Waals surface area (Å²) in [5.74, 6) is -14.4. The number of nitro groups is 1. The summed E-state index contributed by atoms with van der Waals surface area (Å²) in [5, 5.41) is 50.5. The highest BCUT2D eigenvalue weighted by molar-refractivity contribution is 6.31. The zero-order valence-corrected chi connectivity index (χ0v) is 60.0. The van der Waals surface area contributed by atoms with Gasteiger partial charge in [-0.05, 0) is 106 Å². The van der Waals surface area contributed by atoms with Crippen molar-refractivity contribution in [3.05, 3.63) is 158 Å². The molecular formula is C73H87ClN8O23. The number of unbranched alkanes of at least 4 members (excludes halogenated alkanes) is 1. The summed E-state index contributed by atoms with van der Waals surface area (Å²) in [5.41, 5.74) is 1.39. The number of ketones is 1. The topological polar surface area (TPSA) is 473 Å². The summed E-state index contributed by atoms with van der Waals surface area (Å²) < 4.78 is 36.9. The van der Waals surface area contributed by atoms with Crippen molar-refractivity contribution in [2.75, 3.05) is 13.7 Å². The smallest absolute Gasteiger partial charge is 0.350 e. The summed E-state index contributed by atoms with van der Waals surface area (Å²) in [6.45, 7) is 10.4. The Balaban J connectivity index is 1.10. The molecule has 0 spiro atoms. The number of methoxy groups -OCH3 is 1. The van der Waals surface area contributed by atoms with Gasteiger partial charge in [-0.3, -0.25) is 62.9 Å². The zero-order valence-electron chi connectivity index (χ0n) is 59.3. The second-order valence-electron chi connectivity index (χ2n) is 27.0. The number of hydrogen-bond donors (Lipinski definition) is 9. The predicted octanol–water partition coefficient (Wildman–Crippen LogP) is 4.09. The van der Waals surface area contributed by atoms with Crippen LogP contribution < -0.4 is 38.1 Å². The number of nitro benzene ring substituents is 1. The largest absolute Gasteiger partial charge is 0.456 e. The number of carbonyl (C=O) groups excluding carboxylic acids is 13. The van der Waals surface area contributed by atoms with Crippen molar-refractivity contribution in [2.45, 2.75) is 185 Å². The molecule has 0 aliphatic heterocycles. The van der Waals surface area contributed by atoms with Gasteiger partial charge < -0.3 is 76.7 Å². The van der Waals surface area contributed by atoms with Crippen LogP contribution in [-0.2, 0) is 76.4 Å². The Morgan fingerprint density at radius 2 is 1.32 bits per heavy atom. The van der Waals surface area contributed by atoms with E-state index >= 15 is 9.59 Å². The Kier molecular flexibility index (Phi) is 27.2.